The molecule has 24 heavy (non-hydrogen) atoms. The van der Waals surface area contributed by atoms with Crippen molar-refractivity contribution < 1.29 is 0 Å². The van der Waals surface area contributed by atoms with Crippen LogP contribution in [0, 0.1) is 0 Å². The molecule has 0 saturated carbocycles. The van der Waals surface area contributed by atoms with Gasteiger partial charge in [-0.1, -0.05) is 42.5 Å². The van der Waals surface area contributed by atoms with E-state index in [1.54, 1.807) is 0 Å². The minimum Gasteiger partial charge on any atom is -0.298 e. The van der Waals surface area contributed by atoms with Crippen LogP contribution < -0.4 is 0 Å². The molecule has 0 fully saturated rings. The maximum atomic E-state index is 4.44. The zero-order chi connectivity index (χ0) is 16.5. The van der Waals surface area contributed by atoms with Crippen molar-refractivity contribution in [2.45, 2.75) is 19.4 Å². The van der Waals surface area contributed by atoms with Gasteiger partial charge in [0, 0.05) is 56.3 Å². The van der Waals surface area contributed by atoms with Gasteiger partial charge in [0.2, 0.25) is 0 Å². The molecule has 2 aromatic heterocycles. The van der Waals surface area contributed by atoms with E-state index >= 15 is 0 Å². The second kappa shape index (κ2) is 8.94. The van der Waals surface area contributed by atoms with Crippen molar-refractivity contribution in [2.75, 3.05) is 13.1 Å². The van der Waals surface area contributed by atoms with Crippen LogP contribution in [-0.4, -0.2) is 28.0 Å². The lowest BCUT2D eigenvalue weighted by Gasteiger charge is -2.22. The summed E-state index contributed by atoms with van der Waals surface area (Å²) in [6.45, 7) is 2.96. The monoisotopic (exact) mass is 317 g/mol. The molecule has 3 nitrogen and oxygen atoms in total. The second-order valence-electron chi connectivity index (χ2n) is 5.90. The minimum absolute atomic E-state index is 0.959. The van der Waals surface area contributed by atoms with Crippen LogP contribution >= 0.6 is 0 Å². The van der Waals surface area contributed by atoms with E-state index in [1.165, 1.54) is 5.56 Å². The summed E-state index contributed by atoms with van der Waals surface area (Å²) < 4.78 is 0. The lowest BCUT2D eigenvalue weighted by Crippen LogP contribution is -2.28. The molecule has 0 N–H and O–H groups in total. The SMILES string of the molecule is c1ccc(CN(CCc2ccccn2)CCc2ccccn2)cc1. The third-order valence-corrected chi connectivity index (χ3v) is 4.07. The fourth-order valence-corrected chi connectivity index (χ4v) is 2.75. The average Bonchev–Trinajstić information content (AvgIpc) is 2.66. The Bertz CT molecular complexity index is 655. The third kappa shape index (κ3) is 5.28. The van der Waals surface area contributed by atoms with E-state index in [2.05, 4.69) is 69.5 Å². The topological polar surface area (TPSA) is 29.0 Å². The normalized spacial score (nSPS) is 10.9. The Hall–Kier alpha value is -2.52. The van der Waals surface area contributed by atoms with Crippen LogP contribution in [0.5, 0.6) is 0 Å². The third-order valence-electron chi connectivity index (χ3n) is 4.07. The molecule has 0 saturated heterocycles. The van der Waals surface area contributed by atoms with Gasteiger partial charge in [-0.2, -0.15) is 0 Å². The molecule has 0 radical (unpaired) electrons. The Morgan fingerprint density at radius 1 is 0.625 bits per heavy atom. The Balaban J connectivity index is 1.61. The fourth-order valence-electron chi connectivity index (χ4n) is 2.75. The minimum atomic E-state index is 0.959. The van der Waals surface area contributed by atoms with Gasteiger partial charge in [-0.25, -0.2) is 0 Å². The van der Waals surface area contributed by atoms with Gasteiger partial charge < -0.3 is 0 Å². The number of hydrogen-bond donors (Lipinski definition) is 0. The van der Waals surface area contributed by atoms with Gasteiger partial charge in [-0.3, -0.25) is 14.9 Å². The average molecular weight is 317 g/mol. The predicted molar refractivity (Wildman–Crippen MR) is 97.6 cm³/mol. The molecule has 0 aliphatic carbocycles. The number of rotatable bonds is 8. The summed E-state index contributed by atoms with van der Waals surface area (Å²) in [6, 6.07) is 22.9. The molecule has 3 aromatic rings. The predicted octanol–water partition coefficient (Wildman–Crippen LogP) is 3.76. The zero-order valence-electron chi connectivity index (χ0n) is 13.9. The molecule has 0 aliphatic rings. The van der Waals surface area contributed by atoms with Crippen LogP contribution in [-0.2, 0) is 19.4 Å². The van der Waals surface area contributed by atoms with Gasteiger partial charge in [0.15, 0.2) is 0 Å². The fraction of sp³-hybridized carbons (Fsp3) is 0.238. The molecule has 2 heterocycles. The molecule has 0 amide bonds. The molecule has 0 unspecified atom stereocenters. The Kier molecular flexibility index (Phi) is 6.09. The standard InChI is InChI=1S/C21H23N3/c1-2-8-19(9-3-1)18-24(16-12-20-10-4-6-14-22-20)17-13-21-11-5-7-15-23-21/h1-11,14-15H,12-13,16-18H2. The van der Waals surface area contributed by atoms with Crippen molar-refractivity contribution in [2.24, 2.45) is 0 Å². The van der Waals surface area contributed by atoms with Crippen LogP contribution in [0.2, 0.25) is 0 Å². The second-order valence-corrected chi connectivity index (χ2v) is 5.90. The maximum absolute atomic E-state index is 4.44. The van der Waals surface area contributed by atoms with E-state index in [0.29, 0.717) is 0 Å². The first-order valence-electron chi connectivity index (χ1n) is 8.46. The first-order valence-corrected chi connectivity index (χ1v) is 8.46. The summed E-state index contributed by atoms with van der Waals surface area (Å²) in [5.74, 6) is 0. The number of hydrogen-bond acceptors (Lipinski definition) is 3. The summed E-state index contributed by atoms with van der Waals surface area (Å²) in [6.07, 6.45) is 5.67. The summed E-state index contributed by atoms with van der Waals surface area (Å²) in [7, 11) is 0. The Labute approximate surface area is 144 Å². The lowest BCUT2D eigenvalue weighted by molar-refractivity contribution is 0.270. The van der Waals surface area contributed by atoms with E-state index in [9.17, 15) is 0 Å². The van der Waals surface area contributed by atoms with Crippen molar-refractivity contribution in [3.63, 3.8) is 0 Å². The van der Waals surface area contributed by atoms with Gasteiger partial charge in [0.05, 0.1) is 0 Å². The van der Waals surface area contributed by atoms with Crippen LogP contribution in [0.3, 0.4) is 0 Å². The quantitative estimate of drug-likeness (QED) is 0.633. The van der Waals surface area contributed by atoms with Crippen molar-refractivity contribution >= 4 is 0 Å². The van der Waals surface area contributed by atoms with E-state index in [-0.39, 0.29) is 0 Å². The van der Waals surface area contributed by atoms with Gasteiger partial charge in [0.1, 0.15) is 0 Å². The van der Waals surface area contributed by atoms with Crippen LogP contribution in [0.15, 0.2) is 79.1 Å². The molecule has 122 valence electrons. The summed E-state index contributed by atoms with van der Waals surface area (Å²) in [5.41, 5.74) is 3.64. The molecular weight excluding hydrogens is 294 g/mol. The molecule has 0 bridgehead atoms. The number of pyridine rings is 2. The number of aromatic nitrogens is 2. The van der Waals surface area contributed by atoms with Crippen molar-refractivity contribution in [3.8, 4) is 0 Å². The Morgan fingerprint density at radius 2 is 1.17 bits per heavy atom. The van der Waals surface area contributed by atoms with E-state index in [1.807, 2.05) is 24.5 Å². The molecule has 3 heteroatoms. The Morgan fingerprint density at radius 3 is 1.67 bits per heavy atom. The number of nitrogens with zero attached hydrogens (tertiary/aromatic N) is 3. The zero-order valence-corrected chi connectivity index (χ0v) is 13.9. The van der Waals surface area contributed by atoms with Gasteiger partial charge in [-0.15, -0.1) is 0 Å². The highest BCUT2D eigenvalue weighted by Gasteiger charge is 2.08. The van der Waals surface area contributed by atoms with Gasteiger partial charge >= 0.3 is 0 Å². The molecule has 0 aliphatic heterocycles. The molecule has 0 spiro atoms. The van der Waals surface area contributed by atoms with E-state index < -0.39 is 0 Å². The molecule has 1 aromatic carbocycles. The van der Waals surface area contributed by atoms with Crippen LogP contribution in [0.1, 0.15) is 17.0 Å². The number of benzene rings is 1. The van der Waals surface area contributed by atoms with Crippen molar-refractivity contribution in [1.29, 1.82) is 0 Å². The smallest absolute Gasteiger partial charge is 0.0416 e. The van der Waals surface area contributed by atoms with Crippen molar-refractivity contribution in [1.82, 2.24) is 14.9 Å². The molecule has 0 atom stereocenters. The van der Waals surface area contributed by atoms with Crippen LogP contribution in [0.4, 0.5) is 0 Å². The summed E-state index contributed by atoms with van der Waals surface area (Å²) in [4.78, 5) is 11.4. The largest absolute Gasteiger partial charge is 0.298 e. The van der Waals surface area contributed by atoms with Gasteiger partial charge in [0.25, 0.3) is 0 Å². The van der Waals surface area contributed by atoms with Crippen molar-refractivity contribution in [3.05, 3.63) is 96.1 Å². The van der Waals surface area contributed by atoms with E-state index in [0.717, 1.165) is 43.9 Å². The van der Waals surface area contributed by atoms with Crippen LogP contribution in [0.25, 0.3) is 0 Å². The summed E-state index contributed by atoms with van der Waals surface area (Å²) in [5, 5.41) is 0. The lowest BCUT2D eigenvalue weighted by atomic mass is 10.1. The first-order chi connectivity index (χ1) is 11.9. The highest BCUT2D eigenvalue weighted by molar-refractivity contribution is 5.14. The van der Waals surface area contributed by atoms with Gasteiger partial charge in [-0.05, 0) is 29.8 Å². The van der Waals surface area contributed by atoms with E-state index in [4.69, 9.17) is 0 Å². The molecule has 3 rings (SSSR count). The summed E-state index contributed by atoms with van der Waals surface area (Å²) >= 11 is 0. The first kappa shape index (κ1) is 16.3. The highest BCUT2D eigenvalue weighted by Crippen LogP contribution is 2.08. The molecular formula is C21H23N3. The highest BCUT2D eigenvalue weighted by atomic mass is 15.1. The maximum Gasteiger partial charge on any atom is 0.0416 e.